The molecule has 0 aliphatic rings. The molecule has 5 heteroatoms. The van der Waals surface area contributed by atoms with E-state index in [0.717, 1.165) is 0 Å². The molecule has 1 N–H and O–H groups in total. The average molecular weight is 280 g/mol. The van der Waals surface area contributed by atoms with Gasteiger partial charge in [0, 0.05) is 9.50 Å². The number of rotatable bonds is 2. The topological polar surface area (TPSA) is 46.5 Å². The minimum absolute atomic E-state index is 0.399. The summed E-state index contributed by atoms with van der Waals surface area (Å²) in [6, 6.07) is 4.77. The van der Waals surface area contributed by atoms with Gasteiger partial charge in [0.2, 0.25) is 0 Å². The number of carbonyl (C=O) groups excluding carboxylic acids is 1. The Morgan fingerprint density at radius 3 is 2.71 bits per heavy atom. The van der Waals surface area contributed by atoms with Crippen LogP contribution in [0, 0.1) is 0 Å². The Labute approximate surface area is 94.8 Å². The summed E-state index contributed by atoms with van der Waals surface area (Å²) < 4.78 is 5.10. The molecule has 0 heterocycles. The van der Waals surface area contributed by atoms with Crippen LogP contribution in [0.2, 0.25) is 5.02 Å². The first kappa shape index (κ1) is 11.5. The predicted octanol–water partition coefficient (Wildman–Crippen LogP) is 2.31. The molecule has 0 spiro atoms. The van der Waals surface area contributed by atoms with E-state index in [9.17, 15) is 9.90 Å². The molecular weight excluding hydrogens is 271 g/mol. The minimum atomic E-state index is -1.30. The number of aliphatic hydroxyl groups excluding tert-OH is 1. The fourth-order valence-corrected chi connectivity index (χ4v) is 1.87. The number of hydrogen-bond acceptors (Lipinski definition) is 3. The van der Waals surface area contributed by atoms with E-state index in [0.29, 0.717) is 15.1 Å². The van der Waals surface area contributed by atoms with Crippen molar-refractivity contribution in [1.82, 2.24) is 0 Å². The molecule has 1 atom stereocenters. The van der Waals surface area contributed by atoms with E-state index < -0.39 is 12.1 Å². The van der Waals surface area contributed by atoms with E-state index in [1.807, 2.05) is 0 Å². The molecule has 3 nitrogen and oxygen atoms in total. The minimum Gasteiger partial charge on any atom is -0.467 e. The molecule has 1 rings (SSSR count). The fraction of sp³-hybridized carbons (Fsp3) is 0.222. The molecule has 0 aliphatic heterocycles. The zero-order chi connectivity index (χ0) is 10.7. The van der Waals surface area contributed by atoms with Crippen LogP contribution in [0.4, 0.5) is 0 Å². The van der Waals surface area contributed by atoms with Crippen LogP contribution in [0.15, 0.2) is 22.7 Å². The average Bonchev–Trinajstić information content (AvgIpc) is 2.14. The second kappa shape index (κ2) is 4.77. The molecule has 0 aliphatic carbocycles. The lowest BCUT2D eigenvalue weighted by atomic mass is 10.1. The first-order chi connectivity index (χ1) is 6.54. The molecule has 76 valence electrons. The summed E-state index contributed by atoms with van der Waals surface area (Å²) in [5, 5.41) is 9.93. The van der Waals surface area contributed by atoms with Crippen molar-refractivity contribution < 1.29 is 14.6 Å². The Bertz CT molecular complexity index is 334. The lowest BCUT2D eigenvalue weighted by molar-refractivity contribution is -0.150. The normalized spacial score (nSPS) is 12.3. The molecule has 1 aromatic rings. The Morgan fingerprint density at radius 1 is 1.57 bits per heavy atom. The molecule has 0 saturated carbocycles. The summed E-state index contributed by atoms with van der Waals surface area (Å²) >= 11 is 8.95. The van der Waals surface area contributed by atoms with Crippen LogP contribution >= 0.6 is 27.5 Å². The standard InChI is InChI=1S/C9H8BrClO3/c1-14-9(13)8(12)5-2-6(10)4-7(11)3-5/h2-4,8,12H,1H3. The molecule has 0 saturated heterocycles. The van der Waals surface area contributed by atoms with Crippen molar-refractivity contribution in [2.24, 2.45) is 0 Å². The Kier molecular flexibility index (Phi) is 3.92. The maximum atomic E-state index is 11.0. The van der Waals surface area contributed by atoms with Gasteiger partial charge in [-0.2, -0.15) is 0 Å². The van der Waals surface area contributed by atoms with Crippen molar-refractivity contribution >= 4 is 33.5 Å². The van der Waals surface area contributed by atoms with Crippen LogP contribution in [0.25, 0.3) is 0 Å². The number of benzene rings is 1. The second-order valence-electron chi connectivity index (χ2n) is 2.63. The number of halogens is 2. The van der Waals surface area contributed by atoms with Gasteiger partial charge in [-0.1, -0.05) is 27.5 Å². The highest BCUT2D eigenvalue weighted by Gasteiger charge is 2.18. The third kappa shape index (κ3) is 2.70. The van der Waals surface area contributed by atoms with Crippen LogP contribution in [0.1, 0.15) is 11.7 Å². The van der Waals surface area contributed by atoms with Crippen molar-refractivity contribution in [3.63, 3.8) is 0 Å². The summed E-state index contributed by atoms with van der Waals surface area (Å²) in [7, 11) is 1.21. The maximum Gasteiger partial charge on any atom is 0.339 e. The number of ether oxygens (including phenoxy) is 1. The molecule has 1 aromatic carbocycles. The van der Waals surface area contributed by atoms with Crippen LogP contribution in [-0.4, -0.2) is 18.2 Å². The van der Waals surface area contributed by atoms with Gasteiger partial charge in [-0.3, -0.25) is 0 Å². The predicted molar refractivity (Wildman–Crippen MR) is 56.1 cm³/mol. The number of carbonyl (C=O) groups is 1. The Balaban J connectivity index is 3.00. The van der Waals surface area contributed by atoms with E-state index in [2.05, 4.69) is 20.7 Å². The molecule has 14 heavy (non-hydrogen) atoms. The van der Waals surface area contributed by atoms with Gasteiger partial charge in [0.15, 0.2) is 6.10 Å². The number of aliphatic hydroxyl groups is 1. The molecule has 0 fully saturated rings. The molecule has 0 amide bonds. The lowest BCUT2D eigenvalue weighted by Crippen LogP contribution is -2.13. The lowest BCUT2D eigenvalue weighted by Gasteiger charge is -2.09. The van der Waals surface area contributed by atoms with Crippen LogP contribution in [-0.2, 0) is 9.53 Å². The first-order valence-corrected chi connectivity index (χ1v) is 4.93. The SMILES string of the molecule is COC(=O)C(O)c1cc(Cl)cc(Br)c1. The maximum absolute atomic E-state index is 11.0. The van der Waals surface area contributed by atoms with Gasteiger partial charge in [-0.25, -0.2) is 4.79 Å². The van der Waals surface area contributed by atoms with Gasteiger partial charge in [0.25, 0.3) is 0 Å². The monoisotopic (exact) mass is 278 g/mol. The zero-order valence-electron chi connectivity index (χ0n) is 7.33. The summed E-state index contributed by atoms with van der Waals surface area (Å²) in [5.41, 5.74) is 0.399. The van der Waals surface area contributed by atoms with E-state index in [4.69, 9.17) is 11.6 Å². The van der Waals surface area contributed by atoms with Crippen molar-refractivity contribution in [1.29, 1.82) is 0 Å². The third-order valence-corrected chi connectivity index (χ3v) is 2.30. The van der Waals surface area contributed by atoms with Gasteiger partial charge in [-0.05, 0) is 23.8 Å². The second-order valence-corrected chi connectivity index (χ2v) is 3.98. The summed E-state index contributed by atoms with van der Waals surface area (Å²) in [6.07, 6.45) is -1.30. The van der Waals surface area contributed by atoms with E-state index >= 15 is 0 Å². The van der Waals surface area contributed by atoms with Crippen molar-refractivity contribution in [2.75, 3.05) is 7.11 Å². The number of methoxy groups -OCH3 is 1. The van der Waals surface area contributed by atoms with Gasteiger partial charge >= 0.3 is 5.97 Å². The molecular formula is C9H8BrClO3. The summed E-state index contributed by atoms with van der Waals surface area (Å²) in [5.74, 6) is -0.709. The highest BCUT2D eigenvalue weighted by Crippen LogP contribution is 2.24. The molecule has 0 radical (unpaired) electrons. The van der Waals surface area contributed by atoms with Gasteiger partial charge in [0.1, 0.15) is 0 Å². The fourth-order valence-electron chi connectivity index (χ4n) is 0.981. The third-order valence-electron chi connectivity index (χ3n) is 1.63. The summed E-state index contributed by atoms with van der Waals surface area (Å²) in [4.78, 5) is 11.0. The highest BCUT2D eigenvalue weighted by molar-refractivity contribution is 9.10. The van der Waals surface area contributed by atoms with Crippen LogP contribution in [0.3, 0.4) is 0 Å². The van der Waals surface area contributed by atoms with Gasteiger partial charge in [-0.15, -0.1) is 0 Å². The molecule has 0 bridgehead atoms. The largest absolute Gasteiger partial charge is 0.467 e. The first-order valence-electron chi connectivity index (χ1n) is 3.76. The zero-order valence-corrected chi connectivity index (χ0v) is 9.67. The van der Waals surface area contributed by atoms with Gasteiger partial charge < -0.3 is 9.84 Å². The quantitative estimate of drug-likeness (QED) is 0.845. The Hall–Kier alpha value is -0.580. The van der Waals surface area contributed by atoms with Crippen molar-refractivity contribution in [3.8, 4) is 0 Å². The van der Waals surface area contributed by atoms with Crippen molar-refractivity contribution in [2.45, 2.75) is 6.10 Å². The number of esters is 1. The smallest absolute Gasteiger partial charge is 0.339 e. The van der Waals surface area contributed by atoms with Crippen LogP contribution < -0.4 is 0 Å². The summed E-state index contributed by atoms with van der Waals surface area (Å²) in [6.45, 7) is 0. The van der Waals surface area contributed by atoms with Crippen molar-refractivity contribution in [3.05, 3.63) is 33.3 Å². The highest BCUT2D eigenvalue weighted by atomic mass is 79.9. The number of hydrogen-bond donors (Lipinski definition) is 1. The van der Waals surface area contributed by atoms with Gasteiger partial charge in [0.05, 0.1) is 7.11 Å². The Morgan fingerprint density at radius 2 is 2.21 bits per heavy atom. The molecule has 1 unspecified atom stereocenters. The van der Waals surface area contributed by atoms with E-state index in [1.165, 1.54) is 13.2 Å². The van der Waals surface area contributed by atoms with E-state index in [1.54, 1.807) is 12.1 Å². The molecule has 0 aromatic heterocycles. The van der Waals surface area contributed by atoms with Crippen LogP contribution in [0.5, 0.6) is 0 Å². The van der Waals surface area contributed by atoms with E-state index in [-0.39, 0.29) is 0 Å².